The van der Waals surface area contributed by atoms with Crippen molar-refractivity contribution in [1.29, 1.82) is 0 Å². The second-order valence-corrected chi connectivity index (χ2v) is 9.66. The second kappa shape index (κ2) is 10.3. The first-order valence-electron chi connectivity index (χ1n) is 12.3. The number of piperidine rings is 1. The number of rotatable bonds is 6. The molecule has 1 amide bonds. The normalized spacial score (nSPS) is 22.5. The molecule has 178 valence electrons. The first-order chi connectivity index (χ1) is 15.9. The van der Waals surface area contributed by atoms with Crippen molar-refractivity contribution in [2.24, 2.45) is 0 Å². The minimum Gasteiger partial charge on any atom is -0.491 e. The van der Waals surface area contributed by atoms with Crippen LogP contribution in [0.2, 0.25) is 0 Å². The Balaban J connectivity index is 1.44. The zero-order valence-electron chi connectivity index (χ0n) is 20.4. The maximum atomic E-state index is 13.2. The van der Waals surface area contributed by atoms with Crippen molar-refractivity contribution < 1.29 is 19.0 Å². The molecule has 0 aliphatic carbocycles. The zero-order chi connectivity index (χ0) is 23.4. The molecular weight excluding hydrogens is 414 g/mol. The van der Waals surface area contributed by atoms with E-state index in [0.29, 0.717) is 19.7 Å². The molecule has 2 aliphatic heterocycles. The number of benzene rings is 2. The fraction of sp³-hybridized carbons (Fsp3) is 0.536. The van der Waals surface area contributed by atoms with Gasteiger partial charge in [0.1, 0.15) is 5.75 Å². The molecule has 33 heavy (non-hydrogen) atoms. The SMILES string of the molecule is CCO[C@H]1C[C@H](c2ccccc2)OC2(CCN(C(=O)c3ccc(OC(C)C)c(C)c3)CC2)C1. The van der Waals surface area contributed by atoms with E-state index in [2.05, 4.69) is 31.2 Å². The highest BCUT2D eigenvalue weighted by molar-refractivity contribution is 5.94. The Labute approximate surface area is 198 Å². The van der Waals surface area contributed by atoms with Crippen molar-refractivity contribution in [1.82, 2.24) is 4.90 Å². The summed E-state index contributed by atoms with van der Waals surface area (Å²) in [5.41, 5.74) is 2.68. The number of likely N-dealkylation sites (tertiary alicyclic amines) is 1. The van der Waals surface area contributed by atoms with Gasteiger partial charge in [-0.15, -0.1) is 0 Å². The van der Waals surface area contributed by atoms with Crippen LogP contribution in [0.1, 0.15) is 74.0 Å². The first-order valence-corrected chi connectivity index (χ1v) is 12.3. The number of hydrogen-bond acceptors (Lipinski definition) is 4. The Bertz CT molecular complexity index is 934. The van der Waals surface area contributed by atoms with Gasteiger partial charge in [-0.25, -0.2) is 0 Å². The van der Waals surface area contributed by atoms with Gasteiger partial charge in [0.05, 0.1) is 23.9 Å². The van der Waals surface area contributed by atoms with Crippen molar-refractivity contribution in [3.63, 3.8) is 0 Å². The molecular formula is C28H37NO4. The molecule has 0 saturated carbocycles. The highest BCUT2D eigenvalue weighted by atomic mass is 16.5. The quantitative estimate of drug-likeness (QED) is 0.564. The Morgan fingerprint density at radius 2 is 1.88 bits per heavy atom. The van der Waals surface area contributed by atoms with Crippen molar-refractivity contribution in [2.45, 2.75) is 77.3 Å². The highest BCUT2D eigenvalue weighted by Gasteiger charge is 2.45. The third-order valence-corrected chi connectivity index (χ3v) is 6.79. The molecule has 5 heteroatoms. The Morgan fingerprint density at radius 3 is 2.52 bits per heavy atom. The smallest absolute Gasteiger partial charge is 0.253 e. The molecule has 0 unspecified atom stereocenters. The number of ether oxygens (including phenoxy) is 3. The summed E-state index contributed by atoms with van der Waals surface area (Å²) >= 11 is 0. The fourth-order valence-corrected chi connectivity index (χ4v) is 5.16. The maximum Gasteiger partial charge on any atom is 0.253 e. The molecule has 2 fully saturated rings. The summed E-state index contributed by atoms with van der Waals surface area (Å²) in [4.78, 5) is 15.2. The lowest BCUT2D eigenvalue weighted by atomic mass is 9.80. The van der Waals surface area contributed by atoms with Gasteiger partial charge in [-0.05, 0) is 69.9 Å². The fourth-order valence-electron chi connectivity index (χ4n) is 5.16. The number of aryl methyl sites for hydroxylation is 1. The Morgan fingerprint density at radius 1 is 1.15 bits per heavy atom. The largest absolute Gasteiger partial charge is 0.491 e. The van der Waals surface area contributed by atoms with Crippen LogP contribution in [0.15, 0.2) is 48.5 Å². The van der Waals surface area contributed by atoms with Gasteiger partial charge in [0.15, 0.2) is 0 Å². The third-order valence-electron chi connectivity index (χ3n) is 6.79. The first kappa shape index (κ1) is 23.8. The molecule has 4 rings (SSSR count). The van der Waals surface area contributed by atoms with E-state index >= 15 is 0 Å². The monoisotopic (exact) mass is 451 g/mol. The van der Waals surface area contributed by atoms with Crippen LogP contribution in [-0.2, 0) is 9.47 Å². The average Bonchev–Trinajstić information content (AvgIpc) is 2.81. The van der Waals surface area contributed by atoms with Gasteiger partial charge in [0.2, 0.25) is 0 Å². The Hall–Kier alpha value is -2.37. The van der Waals surface area contributed by atoms with Gasteiger partial charge in [-0.3, -0.25) is 4.79 Å². The number of carbonyl (C=O) groups excluding carboxylic acids is 1. The zero-order valence-corrected chi connectivity index (χ0v) is 20.4. The summed E-state index contributed by atoms with van der Waals surface area (Å²) in [5, 5.41) is 0. The maximum absolute atomic E-state index is 13.2. The van der Waals surface area contributed by atoms with E-state index in [-0.39, 0.29) is 29.8 Å². The van der Waals surface area contributed by atoms with Gasteiger partial charge in [0, 0.05) is 38.1 Å². The van der Waals surface area contributed by atoms with Crippen LogP contribution in [0.5, 0.6) is 5.75 Å². The molecule has 2 atom stereocenters. The Kier molecular flexibility index (Phi) is 7.40. The van der Waals surface area contributed by atoms with Gasteiger partial charge in [-0.2, -0.15) is 0 Å². The van der Waals surface area contributed by atoms with Crippen molar-refractivity contribution in [3.8, 4) is 5.75 Å². The summed E-state index contributed by atoms with van der Waals surface area (Å²) in [6.07, 6.45) is 3.78. The second-order valence-electron chi connectivity index (χ2n) is 9.66. The van der Waals surface area contributed by atoms with Crippen LogP contribution >= 0.6 is 0 Å². The van der Waals surface area contributed by atoms with Crippen LogP contribution in [0.25, 0.3) is 0 Å². The topological polar surface area (TPSA) is 48.0 Å². The lowest BCUT2D eigenvalue weighted by Crippen LogP contribution is -2.52. The number of carbonyl (C=O) groups is 1. The molecule has 2 aromatic rings. The van der Waals surface area contributed by atoms with E-state index in [9.17, 15) is 4.79 Å². The van der Waals surface area contributed by atoms with Crippen LogP contribution in [0.3, 0.4) is 0 Å². The van der Waals surface area contributed by atoms with Crippen LogP contribution in [-0.4, -0.2) is 48.3 Å². The number of nitrogens with zero attached hydrogens (tertiary/aromatic N) is 1. The highest BCUT2D eigenvalue weighted by Crippen LogP contribution is 2.44. The molecule has 0 N–H and O–H groups in total. The standard InChI is InChI=1S/C28H37NO4/c1-5-31-24-18-26(22-9-7-6-8-10-22)33-28(19-24)13-15-29(16-14-28)27(30)23-11-12-25(21(4)17-23)32-20(2)3/h6-12,17,20,24,26H,5,13-16,18-19H2,1-4H3/t24-,26+/m0/s1. The molecule has 5 nitrogen and oxygen atoms in total. The van der Waals surface area contributed by atoms with Gasteiger partial charge in [0.25, 0.3) is 5.91 Å². The molecule has 0 aromatic heterocycles. The molecule has 2 saturated heterocycles. The lowest BCUT2D eigenvalue weighted by Gasteiger charge is -2.48. The summed E-state index contributed by atoms with van der Waals surface area (Å²) in [6.45, 7) is 10.2. The summed E-state index contributed by atoms with van der Waals surface area (Å²) in [7, 11) is 0. The van der Waals surface area contributed by atoms with E-state index in [0.717, 1.165) is 42.6 Å². The number of hydrogen-bond donors (Lipinski definition) is 0. The van der Waals surface area contributed by atoms with Crippen molar-refractivity contribution >= 4 is 5.91 Å². The van der Waals surface area contributed by atoms with E-state index in [4.69, 9.17) is 14.2 Å². The van der Waals surface area contributed by atoms with Crippen LogP contribution < -0.4 is 4.74 Å². The minimum atomic E-state index is -0.236. The van der Waals surface area contributed by atoms with E-state index in [1.807, 2.05) is 49.9 Å². The molecule has 2 aromatic carbocycles. The minimum absolute atomic E-state index is 0.0369. The average molecular weight is 452 g/mol. The van der Waals surface area contributed by atoms with Crippen LogP contribution in [0.4, 0.5) is 0 Å². The van der Waals surface area contributed by atoms with Gasteiger partial charge in [-0.1, -0.05) is 30.3 Å². The molecule has 2 aliphatic rings. The molecule has 1 spiro atoms. The van der Waals surface area contributed by atoms with Crippen molar-refractivity contribution in [2.75, 3.05) is 19.7 Å². The number of amides is 1. The van der Waals surface area contributed by atoms with E-state index in [1.165, 1.54) is 5.56 Å². The van der Waals surface area contributed by atoms with Crippen molar-refractivity contribution in [3.05, 3.63) is 65.2 Å². The predicted molar refractivity (Wildman–Crippen MR) is 130 cm³/mol. The molecule has 0 bridgehead atoms. The molecule has 0 radical (unpaired) electrons. The molecule has 2 heterocycles. The van der Waals surface area contributed by atoms with E-state index in [1.54, 1.807) is 0 Å². The summed E-state index contributed by atoms with van der Waals surface area (Å²) in [5.74, 6) is 0.921. The summed E-state index contributed by atoms with van der Waals surface area (Å²) < 4.78 is 18.7. The van der Waals surface area contributed by atoms with E-state index < -0.39 is 0 Å². The van der Waals surface area contributed by atoms with Crippen LogP contribution in [0, 0.1) is 6.92 Å². The lowest BCUT2D eigenvalue weighted by molar-refractivity contribution is -0.190. The van der Waals surface area contributed by atoms with Gasteiger partial charge < -0.3 is 19.1 Å². The summed E-state index contributed by atoms with van der Waals surface area (Å²) in [6, 6.07) is 16.2. The third kappa shape index (κ3) is 5.59. The van der Waals surface area contributed by atoms with Gasteiger partial charge >= 0.3 is 0 Å². The predicted octanol–water partition coefficient (Wildman–Crippen LogP) is 5.71.